The molecule has 2 aromatic carbocycles. The van der Waals surface area contributed by atoms with Crippen molar-refractivity contribution in [3.8, 4) is 0 Å². The topological polar surface area (TPSA) is 51.2 Å². The van der Waals surface area contributed by atoms with E-state index in [2.05, 4.69) is 46.5 Å². The van der Waals surface area contributed by atoms with Crippen molar-refractivity contribution in [1.29, 1.82) is 0 Å². The second-order valence-corrected chi connectivity index (χ2v) is 6.06. The Labute approximate surface area is 132 Å². The largest absolute Gasteiger partial charge is 0.459 e. The van der Waals surface area contributed by atoms with Crippen molar-refractivity contribution in [3.63, 3.8) is 0 Å². The number of furan rings is 1. The van der Waals surface area contributed by atoms with Gasteiger partial charge in [0.2, 0.25) is 0 Å². The number of nitrogens with one attached hydrogen (secondary N) is 1. The molecule has 1 atom stereocenters. The number of aryl methyl sites for hydroxylation is 1. The Balaban J connectivity index is 1.93. The van der Waals surface area contributed by atoms with Crippen molar-refractivity contribution in [3.05, 3.63) is 69.9 Å². The molecule has 3 aromatic rings. The third-order valence-electron chi connectivity index (χ3n) is 3.62. The van der Waals surface area contributed by atoms with Crippen LogP contribution in [0.25, 0.3) is 11.0 Å². The Morgan fingerprint density at radius 1 is 1.19 bits per heavy atom. The van der Waals surface area contributed by atoms with Crippen LogP contribution in [0.3, 0.4) is 0 Å². The zero-order valence-electron chi connectivity index (χ0n) is 11.8. The van der Waals surface area contributed by atoms with Gasteiger partial charge in [-0.1, -0.05) is 45.8 Å². The molecule has 0 radical (unpaired) electrons. The Kier molecular flexibility index (Phi) is 4.10. The minimum Gasteiger partial charge on any atom is -0.459 e. The van der Waals surface area contributed by atoms with Gasteiger partial charge in [0.15, 0.2) is 0 Å². The summed E-state index contributed by atoms with van der Waals surface area (Å²) in [6, 6.07) is 16.3. The molecule has 3 nitrogen and oxygen atoms in total. The molecule has 1 heterocycles. The first kappa shape index (κ1) is 14.3. The maximum Gasteiger partial charge on any atom is 0.134 e. The summed E-state index contributed by atoms with van der Waals surface area (Å²) in [5, 5.41) is 1.11. The van der Waals surface area contributed by atoms with Gasteiger partial charge in [-0.05, 0) is 43.2 Å². The van der Waals surface area contributed by atoms with Crippen molar-refractivity contribution >= 4 is 26.9 Å². The standard InChI is InChI=1S/C17H17BrN2O/c1-11-6-7-16-13(8-11)10-17(21-16)15(20-19)9-12-4-2-3-5-14(12)18/h2-8,10,15,20H,9,19H2,1H3. The van der Waals surface area contributed by atoms with Crippen molar-refractivity contribution in [1.82, 2.24) is 5.43 Å². The Hall–Kier alpha value is -1.62. The van der Waals surface area contributed by atoms with Gasteiger partial charge in [0.05, 0.1) is 6.04 Å². The number of hydrazine groups is 1. The maximum atomic E-state index is 5.93. The lowest BCUT2D eigenvalue weighted by atomic mass is 10.0. The van der Waals surface area contributed by atoms with Crippen LogP contribution < -0.4 is 11.3 Å². The molecule has 1 unspecified atom stereocenters. The first-order valence-corrected chi connectivity index (χ1v) is 7.66. The van der Waals surface area contributed by atoms with E-state index in [1.165, 1.54) is 11.1 Å². The van der Waals surface area contributed by atoms with E-state index in [0.717, 1.165) is 27.6 Å². The van der Waals surface area contributed by atoms with Gasteiger partial charge in [0, 0.05) is 9.86 Å². The minimum absolute atomic E-state index is 0.0589. The number of hydrogen-bond acceptors (Lipinski definition) is 3. The van der Waals surface area contributed by atoms with Gasteiger partial charge in [-0.3, -0.25) is 5.84 Å². The van der Waals surface area contributed by atoms with E-state index >= 15 is 0 Å². The fourth-order valence-electron chi connectivity index (χ4n) is 2.48. The van der Waals surface area contributed by atoms with E-state index < -0.39 is 0 Å². The molecule has 0 aliphatic carbocycles. The van der Waals surface area contributed by atoms with E-state index in [-0.39, 0.29) is 6.04 Å². The normalized spacial score (nSPS) is 12.7. The van der Waals surface area contributed by atoms with Crippen LogP contribution in [0.5, 0.6) is 0 Å². The molecule has 0 amide bonds. The molecule has 0 aliphatic rings. The van der Waals surface area contributed by atoms with Crippen LogP contribution in [-0.2, 0) is 6.42 Å². The van der Waals surface area contributed by atoms with E-state index in [1.54, 1.807) is 0 Å². The quantitative estimate of drug-likeness (QED) is 0.549. The van der Waals surface area contributed by atoms with Crippen molar-refractivity contribution in [2.45, 2.75) is 19.4 Å². The molecular weight excluding hydrogens is 328 g/mol. The van der Waals surface area contributed by atoms with Crippen LogP contribution >= 0.6 is 15.9 Å². The zero-order chi connectivity index (χ0) is 14.8. The molecule has 0 saturated heterocycles. The van der Waals surface area contributed by atoms with Gasteiger partial charge in [0.1, 0.15) is 11.3 Å². The van der Waals surface area contributed by atoms with E-state index in [1.807, 2.05) is 30.3 Å². The fourth-order valence-corrected chi connectivity index (χ4v) is 2.93. The van der Waals surface area contributed by atoms with Crippen LogP contribution in [-0.4, -0.2) is 0 Å². The number of nitrogens with two attached hydrogens (primary N) is 1. The lowest BCUT2D eigenvalue weighted by Gasteiger charge is -2.14. The van der Waals surface area contributed by atoms with Crippen molar-refractivity contribution in [2.75, 3.05) is 0 Å². The van der Waals surface area contributed by atoms with Crippen LogP contribution in [0, 0.1) is 6.92 Å². The summed E-state index contributed by atoms with van der Waals surface area (Å²) in [5.74, 6) is 6.58. The first-order chi connectivity index (χ1) is 10.2. The Bertz CT molecular complexity index is 766. The molecule has 1 aromatic heterocycles. The highest BCUT2D eigenvalue weighted by atomic mass is 79.9. The number of fused-ring (bicyclic) bond motifs is 1. The Morgan fingerprint density at radius 3 is 2.76 bits per heavy atom. The predicted octanol–water partition coefficient (Wildman–Crippen LogP) is 4.25. The number of benzene rings is 2. The van der Waals surface area contributed by atoms with E-state index in [4.69, 9.17) is 10.3 Å². The SMILES string of the molecule is Cc1ccc2oc(C(Cc3ccccc3Br)NN)cc2c1. The molecule has 3 N–H and O–H groups in total. The molecule has 21 heavy (non-hydrogen) atoms. The second-order valence-electron chi connectivity index (χ2n) is 5.20. The minimum atomic E-state index is -0.0589. The Morgan fingerprint density at radius 2 is 2.00 bits per heavy atom. The lowest BCUT2D eigenvalue weighted by molar-refractivity contribution is 0.434. The molecular formula is C17H17BrN2O. The van der Waals surface area contributed by atoms with Gasteiger partial charge >= 0.3 is 0 Å². The lowest BCUT2D eigenvalue weighted by Crippen LogP contribution is -2.29. The van der Waals surface area contributed by atoms with E-state index in [0.29, 0.717) is 0 Å². The molecule has 0 saturated carbocycles. The summed E-state index contributed by atoms with van der Waals surface area (Å²) < 4.78 is 7.01. The average Bonchev–Trinajstić information content (AvgIpc) is 2.89. The fraction of sp³-hybridized carbons (Fsp3) is 0.176. The van der Waals surface area contributed by atoms with Crippen LogP contribution in [0.2, 0.25) is 0 Å². The smallest absolute Gasteiger partial charge is 0.134 e. The highest BCUT2D eigenvalue weighted by molar-refractivity contribution is 9.10. The predicted molar refractivity (Wildman–Crippen MR) is 88.9 cm³/mol. The number of hydrogen-bond donors (Lipinski definition) is 2. The van der Waals surface area contributed by atoms with Crippen molar-refractivity contribution < 1.29 is 4.42 Å². The molecule has 0 bridgehead atoms. The van der Waals surface area contributed by atoms with Crippen molar-refractivity contribution in [2.24, 2.45) is 5.84 Å². The van der Waals surface area contributed by atoms with Gasteiger partial charge in [0.25, 0.3) is 0 Å². The van der Waals surface area contributed by atoms with Crippen LogP contribution in [0.4, 0.5) is 0 Å². The highest BCUT2D eigenvalue weighted by Crippen LogP contribution is 2.28. The molecule has 4 heteroatoms. The number of halogens is 1. The van der Waals surface area contributed by atoms with Gasteiger partial charge in [-0.25, -0.2) is 5.43 Å². The van der Waals surface area contributed by atoms with Gasteiger partial charge < -0.3 is 4.42 Å². The summed E-state index contributed by atoms with van der Waals surface area (Å²) in [6.07, 6.45) is 0.761. The molecule has 3 rings (SSSR count). The molecule has 108 valence electrons. The second kappa shape index (κ2) is 6.02. The summed E-state index contributed by atoms with van der Waals surface area (Å²) in [4.78, 5) is 0. The summed E-state index contributed by atoms with van der Waals surface area (Å²) in [7, 11) is 0. The zero-order valence-corrected chi connectivity index (χ0v) is 13.4. The third-order valence-corrected chi connectivity index (χ3v) is 4.39. The van der Waals surface area contributed by atoms with Gasteiger partial charge in [-0.2, -0.15) is 0 Å². The molecule has 0 aliphatic heterocycles. The summed E-state index contributed by atoms with van der Waals surface area (Å²) in [6.45, 7) is 2.08. The third kappa shape index (κ3) is 3.02. The molecule has 0 spiro atoms. The van der Waals surface area contributed by atoms with E-state index in [9.17, 15) is 0 Å². The summed E-state index contributed by atoms with van der Waals surface area (Å²) >= 11 is 3.57. The van der Waals surface area contributed by atoms with Crippen LogP contribution in [0.1, 0.15) is 22.9 Å². The highest BCUT2D eigenvalue weighted by Gasteiger charge is 2.16. The average molecular weight is 345 g/mol. The monoisotopic (exact) mass is 344 g/mol. The van der Waals surface area contributed by atoms with Crippen LogP contribution in [0.15, 0.2) is 57.4 Å². The first-order valence-electron chi connectivity index (χ1n) is 6.87. The van der Waals surface area contributed by atoms with Gasteiger partial charge in [-0.15, -0.1) is 0 Å². The number of rotatable bonds is 4. The molecule has 0 fully saturated rings. The summed E-state index contributed by atoms with van der Waals surface area (Å²) in [5.41, 5.74) is 6.16. The maximum absolute atomic E-state index is 5.93.